The molecule has 1 aliphatic rings. The number of rotatable bonds is 7. The van der Waals surface area contributed by atoms with E-state index in [0.29, 0.717) is 12.8 Å². The Kier molecular flexibility index (Phi) is 5.13. The van der Waals surface area contributed by atoms with Crippen LogP contribution in [0.25, 0.3) is 0 Å². The van der Waals surface area contributed by atoms with Crippen LogP contribution in [0.2, 0.25) is 0 Å². The highest BCUT2D eigenvalue weighted by atomic mass is 32.2. The van der Waals surface area contributed by atoms with Gasteiger partial charge in [-0.3, -0.25) is 9.59 Å². The van der Waals surface area contributed by atoms with Gasteiger partial charge in [-0.05, 0) is 24.1 Å². The number of benzene rings is 2. The van der Waals surface area contributed by atoms with E-state index in [1.54, 1.807) is 16.7 Å². The zero-order valence-corrected chi connectivity index (χ0v) is 13.7. The standard InChI is InChI=1S/C19H19NO2S/c21-16(12-11-15-7-3-1-4-8-15)14-20-18(22)13-19(20)23-17-9-5-2-6-10-17/h1-10,19H,11-14H2/t19-/m1/s1. The number of carbonyl (C=O) groups excluding carboxylic acids is 2. The van der Waals surface area contributed by atoms with E-state index in [-0.39, 0.29) is 23.6 Å². The van der Waals surface area contributed by atoms with E-state index in [4.69, 9.17) is 0 Å². The van der Waals surface area contributed by atoms with Gasteiger partial charge in [-0.1, -0.05) is 48.5 Å². The van der Waals surface area contributed by atoms with Gasteiger partial charge in [0.05, 0.1) is 18.3 Å². The number of carbonyl (C=O) groups is 2. The van der Waals surface area contributed by atoms with Gasteiger partial charge in [0.15, 0.2) is 5.78 Å². The number of thioether (sulfide) groups is 1. The molecule has 0 N–H and O–H groups in total. The van der Waals surface area contributed by atoms with Crippen molar-refractivity contribution in [2.75, 3.05) is 6.54 Å². The fourth-order valence-corrected chi connectivity index (χ4v) is 3.75. The van der Waals surface area contributed by atoms with Gasteiger partial charge < -0.3 is 4.90 Å². The quantitative estimate of drug-likeness (QED) is 0.731. The van der Waals surface area contributed by atoms with E-state index in [9.17, 15) is 9.59 Å². The number of aryl methyl sites for hydroxylation is 1. The summed E-state index contributed by atoms with van der Waals surface area (Å²) in [4.78, 5) is 26.8. The molecule has 1 heterocycles. The van der Waals surface area contributed by atoms with Crippen molar-refractivity contribution >= 4 is 23.5 Å². The van der Waals surface area contributed by atoms with Crippen molar-refractivity contribution < 1.29 is 9.59 Å². The molecule has 4 heteroatoms. The van der Waals surface area contributed by atoms with Gasteiger partial charge in [0.2, 0.25) is 5.91 Å². The third-order valence-electron chi connectivity index (χ3n) is 3.91. The molecule has 23 heavy (non-hydrogen) atoms. The number of hydrogen-bond donors (Lipinski definition) is 0. The van der Waals surface area contributed by atoms with Crippen LogP contribution < -0.4 is 0 Å². The van der Waals surface area contributed by atoms with E-state index in [1.165, 1.54) is 0 Å². The maximum atomic E-state index is 12.2. The minimum absolute atomic E-state index is 0.0755. The first-order valence-electron chi connectivity index (χ1n) is 7.79. The van der Waals surface area contributed by atoms with E-state index in [0.717, 1.165) is 16.9 Å². The topological polar surface area (TPSA) is 37.4 Å². The number of likely N-dealkylation sites (tertiary alicyclic amines) is 1. The predicted octanol–water partition coefficient (Wildman–Crippen LogP) is 3.54. The summed E-state index contributed by atoms with van der Waals surface area (Å²) in [5, 5.41) is 0.0885. The number of ketones is 1. The average molecular weight is 325 g/mol. The second-order valence-corrected chi connectivity index (χ2v) is 6.89. The van der Waals surface area contributed by atoms with Crippen molar-refractivity contribution in [2.24, 2.45) is 0 Å². The Balaban J connectivity index is 1.49. The van der Waals surface area contributed by atoms with E-state index >= 15 is 0 Å². The largest absolute Gasteiger partial charge is 0.322 e. The summed E-state index contributed by atoms with van der Waals surface area (Å²) in [5.41, 5.74) is 1.16. The third-order valence-corrected chi connectivity index (χ3v) is 5.15. The number of nitrogens with zero attached hydrogens (tertiary/aromatic N) is 1. The second-order valence-electron chi connectivity index (χ2n) is 5.64. The Morgan fingerprint density at radius 3 is 2.35 bits per heavy atom. The Labute approximate surface area is 140 Å². The summed E-state index contributed by atoms with van der Waals surface area (Å²) in [6.07, 6.45) is 1.74. The first kappa shape index (κ1) is 15.8. The summed E-state index contributed by atoms with van der Waals surface area (Å²) in [6, 6.07) is 20.0. The van der Waals surface area contributed by atoms with Crippen LogP contribution in [0, 0.1) is 0 Å². The molecular weight excluding hydrogens is 306 g/mol. The van der Waals surface area contributed by atoms with E-state index in [2.05, 4.69) is 0 Å². The molecule has 2 aromatic rings. The van der Waals surface area contributed by atoms with Gasteiger partial charge in [-0.2, -0.15) is 0 Å². The maximum Gasteiger partial charge on any atom is 0.226 e. The van der Waals surface area contributed by atoms with Crippen LogP contribution in [0.15, 0.2) is 65.6 Å². The molecule has 0 spiro atoms. The van der Waals surface area contributed by atoms with Crippen LogP contribution in [-0.2, 0) is 16.0 Å². The Hall–Kier alpha value is -2.07. The van der Waals surface area contributed by atoms with E-state index < -0.39 is 0 Å². The molecule has 3 rings (SSSR count). The zero-order chi connectivity index (χ0) is 16.1. The van der Waals surface area contributed by atoms with Crippen molar-refractivity contribution in [1.29, 1.82) is 0 Å². The average Bonchev–Trinajstić information content (AvgIpc) is 2.59. The molecule has 1 aliphatic heterocycles. The lowest BCUT2D eigenvalue weighted by Gasteiger charge is -2.39. The normalized spacial score (nSPS) is 17.0. The fraction of sp³-hybridized carbons (Fsp3) is 0.263. The van der Waals surface area contributed by atoms with Gasteiger partial charge in [0, 0.05) is 11.3 Å². The van der Waals surface area contributed by atoms with Crippen molar-refractivity contribution in [3.63, 3.8) is 0 Å². The minimum Gasteiger partial charge on any atom is -0.322 e. The third kappa shape index (κ3) is 4.23. The van der Waals surface area contributed by atoms with Crippen LogP contribution in [-0.4, -0.2) is 28.5 Å². The molecule has 3 nitrogen and oxygen atoms in total. The second kappa shape index (κ2) is 7.47. The SMILES string of the molecule is O=C(CCc1ccccc1)CN1C(=O)C[C@H]1Sc1ccccc1. The Morgan fingerprint density at radius 2 is 1.70 bits per heavy atom. The van der Waals surface area contributed by atoms with Crippen LogP contribution in [0.1, 0.15) is 18.4 Å². The molecule has 1 saturated heterocycles. The fourth-order valence-electron chi connectivity index (χ4n) is 2.57. The van der Waals surface area contributed by atoms with Crippen molar-refractivity contribution in [3.8, 4) is 0 Å². The van der Waals surface area contributed by atoms with Crippen molar-refractivity contribution in [3.05, 3.63) is 66.2 Å². The molecule has 1 atom stereocenters. The Bertz CT molecular complexity index is 672. The summed E-state index contributed by atoms with van der Waals surface area (Å²) in [6.45, 7) is 0.232. The van der Waals surface area contributed by atoms with Crippen LogP contribution in [0.3, 0.4) is 0 Å². The summed E-state index contributed by atoms with van der Waals surface area (Å²) in [7, 11) is 0. The lowest BCUT2D eigenvalue weighted by molar-refractivity contribution is -0.144. The smallest absolute Gasteiger partial charge is 0.226 e. The first-order valence-corrected chi connectivity index (χ1v) is 8.67. The molecule has 0 bridgehead atoms. The zero-order valence-electron chi connectivity index (χ0n) is 12.9. The molecular formula is C19H19NO2S. The van der Waals surface area contributed by atoms with Gasteiger partial charge in [0.1, 0.15) is 0 Å². The lowest BCUT2D eigenvalue weighted by Crippen LogP contribution is -2.52. The molecule has 118 valence electrons. The van der Waals surface area contributed by atoms with Crippen LogP contribution in [0.5, 0.6) is 0 Å². The number of hydrogen-bond acceptors (Lipinski definition) is 3. The number of β-lactam (4-membered cyclic amide) rings is 1. The highest BCUT2D eigenvalue weighted by Crippen LogP contribution is 2.34. The minimum atomic E-state index is 0.0755. The van der Waals surface area contributed by atoms with Gasteiger partial charge in [-0.15, -0.1) is 11.8 Å². The monoisotopic (exact) mass is 325 g/mol. The molecule has 1 fully saturated rings. The van der Waals surface area contributed by atoms with E-state index in [1.807, 2.05) is 60.7 Å². The predicted molar refractivity (Wildman–Crippen MR) is 92.2 cm³/mol. The van der Waals surface area contributed by atoms with Gasteiger partial charge >= 0.3 is 0 Å². The highest BCUT2D eigenvalue weighted by molar-refractivity contribution is 8.00. The molecule has 2 aromatic carbocycles. The van der Waals surface area contributed by atoms with Crippen molar-refractivity contribution in [1.82, 2.24) is 4.90 Å². The number of amides is 1. The molecule has 0 aliphatic carbocycles. The summed E-state index contributed by atoms with van der Waals surface area (Å²) >= 11 is 1.65. The lowest BCUT2D eigenvalue weighted by atomic mass is 10.1. The van der Waals surface area contributed by atoms with Crippen molar-refractivity contribution in [2.45, 2.75) is 29.5 Å². The van der Waals surface area contributed by atoms with Gasteiger partial charge in [0.25, 0.3) is 0 Å². The summed E-state index contributed by atoms with van der Waals surface area (Å²) in [5.74, 6) is 0.201. The molecule has 0 unspecified atom stereocenters. The highest BCUT2D eigenvalue weighted by Gasteiger charge is 2.37. The molecule has 0 saturated carbocycles. The maximum absolute atomic E-state index is 12.2. The summed E-state index contributed by atoms with van der Waals surface area (Å²) < 4.78 is 0. The molecule has 1 amide bonds. The molecule has 0 radical (unpaired) electrons. The number of Topliss-reactive ketones (excluding diaryl/α,β-unsaturated/α-hetero) is 1. The van der Waals surface area contributed by atoms with Gasteiger partial charge in [-0.25, -0.2) is 0 Å². The Morgan fingerprint density at radius 1 is 1.04 bits per heavy atom. The van der Waals surface area contributed by atoms with Crippen LogP contribution in [0.4, 0.5) is 0 Å². The first-order chi connectivity index (χ1) is 11.2. The molecule has 0 aromatic heterocycles. The van der Waals surface area contributed by atoms with Crippen LogP contribution >= 0.6 is 11.8 Å².